The molecule has 0 amide bonds. The van der Waals surface area contributed by atoms with E-state index in [4.69, 9.17) is 0 Å². The molecule has 0 saturated carbocycles. The summed E-state index contributed by atoms with van der Waals surface area (Å²) in [6.45, 7) is 6.00. The molecule has 1 saturated heterocycles. The van der Waals surface area contributed by atoms with Crippen LogP contribution in [0.3, 0.4) is 0 Å². The Morgan fingerprint density at radius 1 is 1.33 bits per heavy atom. The highest BCUT2D eigenvalue weighted by Gasteiger charge is 2.16. The summed E-state index contributed by atoms with van der Waals surface area (Å²) in [4.78, 5) is 6.32. The number of hydrogen-bond acceptors (Lipinski definition) is 3. The first-order valence-corrected chi connectivity index (χ1v) is 8.05. The van der Waals surface area contributed by atoms with Crippen molar-refractivity contribution in [2.45, 2.75) is 32.7 Å². The Kier molecular flexibility index (Phi) is 5.87. The number of sulfonamides is 1. The first-order chi connectivity index (χ1) is 8.44. The summed E-state index contributed by atoms with van der Waals surface area (Å²) in [5, 5.41) is 3.10. The van der Waals surface area contributed by atoms with Gasteiger partial charge in [0.25, 0.3) is 0 Å². The summed E-state index contributed by atoms with van der Waals surface area (Å²) in [5.41, 5.74) is 0. The second-order valence-electron chi connectivity index (χ2n) is 4.76. The van der Waals surface area contributed by atoms with E-state index in [1.54, 1.807) is 7.05 Å². The van der Waals surface area contributed by atoms with Gasteiger partial charge in [-0.2, -0.15) is 0 Å². The molecule has 1 aliphatic heterocycles. The van der Waals surface area contributed by atoms with Crippen LogP contribution in [0.1, 0.15) is 26.7 Å². The van der Waals surface area contributed by atoms with Crippen molar-refractivity contribution in [3.63, 3.8) is 0 Å². The lowest BCUT2D eigenvalue weighted by Crippen LogP contribution is -2.43. The lowest BCUT2D eigenvalue weighted by molar-refractivity contribution is 0.495. The van der Waals surface area contributed by atoms with E-state index < -0.39 is 10.0 Å². The summed E-state index contributed by atoms with van der Waals surface area (Å²) in [6.07, 6.45) is 2.35. The van der Waals surface area contributed by atoms with Crippen LogP contribution in [0.25, 0.3) is 0 Å². The molecule has 1 heterocycles. The minimum atomic E-state index is -3.19. The van der Waals surface area contributed by atoms with Gasteiger partial charge < -0.3 is 10.2 Å². The second-order valence-corrected chi connectivity index (χ2v) is 6.63. The standard InChI is InChI=1S/C11H24N4O2S/c1-10(2)14-18(16,17)9-6-13-11(12-3)15-7-4-5-8-15/h10,14H,4-9H2,1-3H3,(H,12,13). The van der Waals surface area contributed by atoms with E-state index >= 15 is 0 Å². The van der Waals surface area contributed by atoms with Crippen LogP contribution in [-0.2, 0) is 10.0 Å². The molecule has 1 rings (SSSR count). The van der Waals surface area contributed by atoms with Crippen molar-refractivity contribution >= 4 is 16.0 Å². The average molecular weight is 276 g/mol. The lowest BCUT2D eigenvalue weighted by atomic mass is 10.4. The minimum absolute atomic E-state index is 0.0621. The SMILES string of the molecule is CN=C(NCCS(=O)(=O)NC(C)C)N1CCCC1. The third kappa shape index (κ3) is 5.22. The molecule has 0 aromatic heterocycles. The smallest absolute Gasteiger partial charge is 0.213 e. The highest BCUT2D eigenvalue weighted by Crippen LogP contribution is 2.06. The molecule has 0 radical (unpaired) electrons. The van der Waals surface area contributed by atoms with E-state index in [1.807, 2.05) is 13.8 Å². The Bertz CT molecular complexity index is 373. The maximum atomic E-state index is 11.6. The molecule has 0 aromatic carbocycles. The van der Waals surface area contributed by atoms with Crippen molar-refractivity contribution in [1.29, 1.82) is 0 Å². The quantitative estimate of drug-likeness (QED) is 0.547. The topological polar surface area (TPSA) is 73.8 Å². The normalized spacial score (nSPS) is 17.6. The van der Waals surface area contributed by atoms with Gasteiger partial charge in [0, 0.05) is 32.7 Å². The van der Waals surface area contributed by atoms with Gasteiger partial charge in [-0.05, 0) is 26.7 Å². The molecule has 1 fully saturated rings. The fraction of sp³-hybridized carbons (Fsp3) is 0.909. The van der Waals surface area contributed by atoms with Crippen molar-refractivity contribution < 1.29 is 8.42 Å². The first kappa shape index (κ1) is 15.2. The van der Waals surface area contributed by atoms with Crippen molar-refractivity contribution in [3.8, 4) is 0 Å². The number of aliphatic imine (C=N–C) groups is 1. The number of nitrogens with one attached hydrogen (secondary N) is 2. The van der Waals surface area contributed by atoms with Crippen LogP contribution in [0.4, 0.5) is 0 Å². The van der Waals surface area contributed by atoms with Crippen molar-refractivity contribution in [2.75, 3.05) is 32.4 Å². The van der Waals surface area contributed by atoms with E-state index in [0.29, 0.717) is 6.54 Å². The van der Waals surface area contributed by atoms with Crippen LogP contribution < -0.4 is 10.0 Å². The zero-order valence-electron chi connectivity index (χ0n) is 11.4. The van der Waals surface area contributed by atoms with Gasteiger partial charge >= 0.3 is 0 Å². The van der Waals surface area contributed by atoms with Gasteiger partial charge in [-0.25, -0.2) is 13.1 Å². The zero-order valence-corrected chi connectivity index (χ0v) is 12.3. The van der Waals surface area contributed by atoms with E-state index in [9.17, 15) is 8.42 Å². The van der Waals surface area contributed by atoms with Gasteiger partial charge in [0.05, 0.1) is 5.75 Å². The summed E-state index contributed by atoms with van der Waals surface area (Å²) in [6, 6.07) is -0.0621. The highest BCUT2D eigenvalue weighted by atomic mass is 32.2. The summed E-state index contributed by atoms with van der Waals surface area (Å²) in [5.74, 6) is 0.866. The maximum Gasteiger partial charge on any atom is 0.213 e. The summed E-state index contributed by atoms with van der Waals surface area (Å²) >= 11 is 0. The molecule has 1 aliphatic rings. The van der Waals surface area contributed by atoms with Crippen molar-refractivity contribution in [3.05, 3.63) is 0 Å². The van der Waals surface area contributed by atoms with Crippen LogP contribution in [-0.4, -0.2) is 57.8 Å². The van der Waals surface area contributed by atoms with Crippen molar-refractivity contribution in [1.82, 2.24) is 14.9 Å². The average Bonchev–Trinajstić information content (AvgIpc) is 2.75. The molecule has 0 aliphatic carbocycles. The molecule has 6 nitrogen and oxygen atoms in total. The van der Waals surface area contributed by atoms with Crippen LogP contribution >= 0.6 is 0 Å². The van der Waals surface area contributed by atoms with Gasteiger partial charge in [0.15, 0.2) is 5.96 Å². The molecule has 18 heavy (non-hydrogen) atoms. The van der Waals surface area contributed by atoms with Gasteiger partial charge in [0.1, 0.15) is 0 Å². The molecular formula is C11H24N4O2S. The molecule has 0 spiro atoms. The molecule has 7 heteroatoms. The van der Waals surface area contributed by atoms with E-state index in [0.717, 1.165) is 19.0 Å². The number of rotatable bonds is 5. The van der Waals surface area contributed by atoms with E-state index in [-0.39, 0.29) is 11.8 Å². The number of hydrogen-bond donors (Lipinski definition) is 2. The fourth-order valence-electron chi connectivity index (χ4n) is 1.98. The Morgan fingerprint density at radius 2 is 1.94 bits per heavy atom. The predicted octanol–water partition coefficient (Wildman–Crippen LogP) is -0.0146. The third-order valence-electron chi connectivity index (χ3n) is 2.69. The number of guanidine groups is 1. The number of likely N-dealkylation sites (tertiary alicyclic amines) is 1. The number of nitrogens with zero attached hydrogens (tertiary/aromatic N) is 2. The monoisotopic (exact) mass is 276 g/mol. The first-order valence-electron chi connectivity index (χ1n) is 6.40. The van der Waals surface area contributed by atoms with Crippen molar-refractivity contribution in [2.24, 2.45) is 4.99 Å². The van der Waals surface area contributed by atoms with Crippen LogP contribution in [0.2, 0.25) is 0 Å². The predicted molar refractivity (Wildman–Crippen MR) is 74.2 cm³/mol. The van der Waals surface area contributed by atoms with Crippen LogP contribution in [0, 0.1) is 0 Å². The van der Waals surface area contributed by atoms with Crippen LogP contribution in [0.15, 0.2) is 4.99 Å². The molecule has 0 unspecified atom stereocenters. The fourth-order valence-corrected chi connectivity index (χ4v) is 3.18. The largest absolute Gasteiger partial charge is 0.355 e. The van der Waals surface area contributed by atoms with Gasteiger partial charge in [-0.1, -0.05) is 0 Å². The Labute approximate surface area is 110 Å². The minimum Gasteiger partial charge on any atom is -0.355 e. The molecular weight excluding hydrogens is 252 g/mol. The molecule has 2 N–H and O–H groups in total. The van der Waals surface area contributed by atoms with Crippen LogP contribution in [0.5, 0.6) is 0 Å². The van der Waals surface area contributed by atoms with Gasteiger partial charge in [-0.3, -0.25) is 4.99 Å². The lowest BCUT2D eigenvalue weighted by Gasteiger charge is -2.20. The summed E-state index contributed by atoms with van der Waals surface area (Å²) < 4.78 is 25.8. The Hall–Kier alpha value is -0.820. The van der Waals surface area contributed by atoms with Gasteiger partial charge in [0.2, 0.25) is 10.0 Å². The van der Waals surface area contributed by atoms with Gasteiger partial charge in [-0.15, -0.1) is 0 Å². The molecule has 0 atom stereocenters. The maximum absolute atomic E-state index is 11.6. The molecule has 106 valence electrons. The Balaban J connectivity index is 2.36. The zero-order chi connectivity index (χ0) is 13.6. The molecule has 0 bridgehead atoms. The van der Waals surface area contributed by atoms with E-state index in [1.165, 1.54) is 12.8 Å². The summed E-state index contributed by atoms with van der Waals surface area (Å²) in [7, 11) is -1.47. The highest BCUT2D eigenvalue weighted by molar-refractivity contribution is 7.89. The molecule has 0 aromatic rings. The third-order valence-corrected chi connectivity index (χ3v) is 4.26. The Morgan fingerprint density at radius 3 is 2.44 bits per heavy atom. The van der Waals surface area contributed by atoms with E-state index in [2.05, 4.69) is 19.9 Å². The second kappa shape index (κ2) is 6.94.